The molecule has 6 heteroatoms. The smallest absolute Gasteiger partial charge is 0.334 e. The number of carboxylic acid groups (broad SMARTS) is 1. The summed E-state index contributed by atoms with van der Waals surface area (Å²) < 4.78 is 5.49. The Bertz CT molecular complexity index is 531. The van der Waals surface area contributed by atoms with Gasteiger partial charge in [0, 0.05) is 19.6 Å². The quantitative estimate of drug-likeness (QED) is 0.819. The van der Waals surface area contributed by atoms with Gasteiger partial charge in [-0.1, -0.05) is 27.7 Å². The first-order valence-corrected chi connectivity index (χ1v) is 9.66. The summed E-state index contributed by atoms with van der Waals surface area (Å²) in [6.45, 7) is 14.6. The lowest BCUT2D eigenvalue weighted by atomic mass is 9.94. The molecule has 0 aromatic heterocycles. The Morgan fingerprint density at radius 1 is 1.38 bits per heavy atom. The van der Waals surface area contributed by atoms with Crippen molar-refractivity contribution < 1.29 is 14.6 Å². The van der Waals surface area contributed by atoms with Crippen molar-refractivity contribution in [3.05, 3.63) is 23.0 Å². The number of thioether (sulfide) groups is 1. The van der Waals surface area contributed by atoms with Gasteiger partial charge in [0.05, 0.1) is 18.8 Å². The van der Waals surface area contributed by atoms with Gasteiger partial charge >= 0.3 is 5.97 Å². The van der Waals surface area contributed by atoms with Crippen LogP contribution in [-0.4, -0.2) is 64.9 Å². The number of carbonyl (C=O) groups is 1. The van der Waals surface area contributed by atoms with E-state index in [4.69, 9.17) is 4.74 Å². The Kier molecular flexibility index (Phi) is 6.26. The molecule has 0 saturated carbocycles. The fraction of sp³-hybridized carbons (Fsp3) is 0.722. The Morgan fingerprint density at radius 3 is 2.50 bits per heavy atom. The van der Waals surface area contributed by atoms with Crippen molar-refractivity contribution in [1.82, 2.24) is 9.80 Å². The van der Waals surface area contributed by atoms with Crippen LogP contribution in [0.5, 0.6) is 0 Å². The van der Waals surface area contributed by atoms with Crippen molar-refractivity contribution in [2.75, 3.05) is 38.6 Å². The highest BCUT2D eigenvalue weighted by Crippen LogP contribution is 2.37. The third-order valence-corrected chi connectivity index (χ3v) is 5.27. The summed E-state index contributed by atoms with van der Waals surface area (Å²) in [5, 5.41) is 9.61. The molecule has 0 bridgehead atoms. The molecule has 0 radical (unpaired) electrons. The molecule has 2 aliphatic heterocycles. The molecule has 136 valence electrons. The zero-order valence-electron chi connectivity index (χ0n) is 15.5. The Morgan fingerprint density at radius 2 is 2.00 bits per heavy atom. The lowest BCUT2D eigenvalue weighted by Gasteiger charge is -2.46. The first-order chi connectivity index (χ1) is 11.2. The number of carboxylic acids is 1. The molecule has 1 saturated heterocycles. The highest BCUT2D eigenvalue weighted by molar-refractivity contribution is 8.00. The second kappa shape index (κ2) is 7.83. The topological polar surface area (TPSA) is 53.0 Å². The summed E-state index contributed by atoms with van der Waals surface area (Å²) in [6, 6.07) is 0. The van der Waals surface area contributed by atoms with E-state index in [1.807, 2.05) is 13.0 Å². The second-order valence-corrected chi connectivity index (χ2v) is 8.86. The molecule has 1 fully saturated rings. The van der Waals surface area contributed by atoms with Crippen LogP contribution in [0.3, 0.4) is 0 Å². The summed E-state index contributed by atoms with van der Waals surface area (Å²) in [5.41, 5.74) is 1.45. The van der Waals surface area contributed by atoms with Crippen molar-refractivity contribution in [2.24, 2.45) is 5.41 Å². The third-order valence-electron chi connectivity index (χ3n) is 4.13. The van der Waals surface area contributed by atoms with Crippen LogP contribution in [0.2, 0.25) is 0 Å². The van der Waals surface area contributed by atoms with E-state index in [2.05, 4.69) is 37.5 Å². The van der Waals surface area contributed by atoms with Crippen molar-refractivity contribution >= 4 is 17.7 Å². The lowest BCUT2D eigenvalue weighted by Crippen LogP contribution is -2.50. The summed E-state index contributed by atoms with van der Waals surface area (Å²) in [6.07, 6.45) is 2.05. The molecular weight excluding hydrogens is 324 g/mol. The zero-order valence-corrected chi connectivity index (χ0v) is 16.3. The molecule has 1 unspecified atom stereocenters. The normalized spacial score (nSPS) is 22.7. The van der Waals surface area contributed by atoms with Crippen LogP contribution < -0.4 is 0 Å². The monoisotopic (exact) mass is 354 g/mol. The van der Waals surface area contributed by atoms with Gasteiger partial charge in [0.2, 0.25) is 0 Å². The number of aliphatic carboxylic acids is 1. The van der Waals surface area contributed by atoms with Crippen LogP contribution in [0.1, 0.15) is 34.6 Å². The predicted molar refractivity (Wildman–Crippen MR) is 98.9 cm³/mol. The van der Waals surface area contributed by atoms with Gasteiger partial charge in [0.15, 0.2) is 0 Å². The highest BCUT2D eigenvalue weighted by Gasteiger charge is 2.37. The van der Waals surface area contributed by atoms with Gasteiger partial charge in [-0.25, -0.2) is 4.79 Å². The summed E-state index contributed by atoms with van der Waals surface area (Å²) in [4.78, 5) is 16.5. The summed E-state index contributed by atoms with van der Waals surface area (Å²) >= 11 is 1.70. The molecule has 1 atom stereocenters. The predicted octanol–water partition coefficient (Wildman–Crippen LogP) is 3.00. The Balaban J connectivity index is 2.45. The van der Waals surface area contributed by atoms with Crippen LogP contribution in [0.25, 0.3) is 0 Å². The highest BCUT2D eigenvalue weighted by atomic mass is 32.2. The molecule has 0 aromatic carbocycles. The molecule has 2 rings (SSSR count). The molecule has 0 aliphatic carbocycles. The van der Waals surface area contributed by atoms with Crippen molar-refractivity contribution in [2.45, 2.75) is 40.0 Å². The summed E-state index contributed by atoms with van der Waals surface area (Å²) in [5.74, 6) is 1.21. The molecule has 1 N–H and O–H groups in total. The molecule has 0 spiro atoms. The van der Waals surface area contributed by atoms with Gasteiger partial charge in [0.25, 0.3) is 0 Å². The van der Waals surface area contributed by atoms with Crippen LogP contribution in [0.15, 0.2) is 23.0 Å². The maximum Gasteiger partial charge on any atom is 0.334 e. The zero-order chi connectivity index (χ0) is 17.9. The number of allylic oxidation sites excluding steroid dienone is 2. The number of morpholine rings is 1. The number of ether oxygens (including phenoxy) is 1. The van der Waals surface area contributed by atoms with E-state index in [9.17, 15) is 9.90 Å². The Hall–Kier alpha value is -1.14. The number of nitrogens with zero attached hydrogens (tertiary/aromatic N) is 2. The molecule has 2 aliphatic rings. The minimum Gasteiger partial charge on any atom is -0.478 e. The van der Waals surface area contributed by atoms with E-state index in [0.29, 0.717) is 5.57 Å². The summed E-state index contributed by atoms with van der Waals surface area (Å²) in [7, 11) is 0. The molecule has 2 heterocycles. The first kappa shape index (κ1) is 19.2. The Labute approximate surface area is 149 Å². The van der Waals surface area contributed by atoms with Crippen LogP contribution >= 0.6 is 11.8 Å². The molecular formula is C18H30N2O3S. The van der Waals surface area contributed by atoms with E-state index < -0.39 is 5.97 Å². The van der Waals surface area contributed by atoms with Crippen molar-refractivity contribution in [1.29, 1.82) is 0 Å². The SMILES string of the molecule is CCSC1C(C(=O)O)=C(C)C=C(N2CCOCC2)N1CC(C)(C)C. The van der Waals surface area contributed by atoms with Gasteiger partial charge in [0.1, 0.15) is 11.2 Å². The van der Waals surface area contributed by atoms with Crippen LogP contribution in [0.4, 0.5) is 0 Å². The van der Waals surface area contributed by atoms with E-state index in [0.717, 1.165) is 50.0 Å². The van der Waals surface area contributed by atoms with Gasteiger partial charge in [-0.3, -0.25) is 0 Å². The van der Waals surface area contributed by atoms with Gasteiger partial charge in [-0.2, -0.15) is 0 Å². The standard InChI is InChI=1S/C18H30N2O3S/c1-6-24-16-15(17(21)22)13(2)11-14(19-7-9-23-10-8-19)20(16)12-18(3,4)5/h11,16H,6-10,12H2,1-5H3,(H,21,22). The lowest BCUT2D eigenvalue weighted by molar-refractivity contribution is -0.133. The fourth-order valence-electron chi connectivity index (χ4n) is 3.17. The average molecular weight is 355 g/mol. The van der Waals surface area contributed by atoms with Crippen LogP contribution in [0, 0.1) is 5.41 Å². The van der Waals surface area contributed by atoms with Gasteiger partial charge in [-0.15, -0.1) is 11.8 Å². The largest absolute Gasteiger partial charge is 0.478 e. The van der Waals surface area contributed by atoms with E-state index in [1.165, 1.54) is 0 Å². The third kappa shape index (κ3) is 4.48. The van der Waals surface area contributed by atoms with Gasteiger partial charge in [-0.05, 0) is 29.7 Å². The maximum absolute atomic E-state index is 11.9. The minimum absolute atomic E-state index is 0.0762. The maximum atomic E-state index is 11.9. The number of hydrogen-bond acceptors (Lipinski definition) is 5. The average Bonchev–Trinajstić information content (AvgIpc) is 2.49. The fourth-order valence-corrected chi connectivity index (χ4v) is 4.30. The molecule has 5 nitrogen and oxygen atoms in total. The van der Waals surface area contributed by atoms with Gasteiger partial charge < -0.3 is 19.6 Å². The molecule has 0 aromatic rings. The van der Waals surface area contributed by atoms with E-state index in [-0.39, 0.29) is 10.8 Å². The number of rotatable bonds is 5. The number of hydrogen-bond donors (Lipinski definition) is 1. The van der Waals surface area contributed by atoms with Crippen molar-refractivity contribution in [3.8, 4) is 0 Å². The minimum atomic E-state index is -0.811. The molecule has 0 amide bonds. The first-order valence-electron chi connectivity index (χ1n) is 8.61. The van der Waals surface area contributed by atoms with E-state index in [1.54, 1.807) is 11.8 Å². The second-order valence-electron chi connectivity index (χ2n) is 7.50. The van der Waals surface area contributed by atoms with E-state index >= 15 is 0 Å². The van der Waals surface area contributed by atoms with Crippen LogP contribution in [-0.2, 0) is 9.53 Å². The molecule has 24 heavy (non-hydrogen) atoms. The van der Waals surface area contributed by atoms with Crippen molar-refractivity contribution in [3.63, 3.8) is 0 Å².